The first kappa shape index (κ1) is 17.0. The number of pyridine rings is 1. The van der Waals surface area contributed by atoms with E-state index in [-0.39, 0.29) is 5.91 Å². The van der Waals surface area contributed by atoms with Crippen LogP contribution in [0.1, 0.15) is 15.9 Å². The van der Waals surface area contributed by atoms with Crippen LogP contribution in [0.2, 0.25) is 5.02 Å². The van der Waals surface area contributed by atoms with E-state index in [0.29, 0.717) is 17.1 Å². The lowest BCUT2D eigenvalue weighted by molar-refractivity contribution is 0.0985. The molecule has 0 atom stereocenters. The molecule has 1 aromatic heterocycles. The summed E-state index contributed by atoms with van der Waals surface area (Å²) < 4.78 is 5.20. The number of carbonyl (C=O) groups excluding carboxylic acids is 1. The van der Waals surface area contributed by atoms with Crippen LogP contribution in [0.3, 0.4) is 0 Å². The summed E-state index contributed by atoms with van der Waals surface area (Å²) in [5, 5.41) is 0.597. The fraction of sp³-hybridized carbons (Fsp3) is 0.100. The van der Waals surface area contributed by atoms with Gasteiger partial charge in [0.25, 0.3) is 5.91 Å². The normalized spacial score (nSPS) is 10.3. The summed E-state index contributed by atoms with van der Waals surface area (Å²) >= 11 is 5.93. The van der Waals surface area contributed by atoms with E-state index in [1.165, 1.54) is 0 Å². The highest BCUT2D eigenvalue weighted by molar-refractivity contribution is 6.30. The fourth-order valence-corrected chi connectivity index (χ4v) is 2.59. The number of hydrogen-bond donors (Lipinski definition) is 0. The topological polar surface area (TPSA) is 42.4 Å². The Hall–Kier alpha value is -2.85. The highest BCUT2D eigenvalue weighted by Crippen LogP contribution is 2.23. The molecule has 1 heterocycles. The minimum absolute atomic E-state index is 0.106. The second kappa shape index (κ2) is 7.81. The zero-order chi connectivity index (χ0) is 17.6. The number of amides is 1. The molecule has 4 nitrogen and oxygen atoms in total. The van der Waals surface area contributed by atoms with Gasteiger partial charge in [0, 0.05) is 28.7 Å². The third-order valence-corrected chi connectivity index (χ3v) is 4.04. The smallest absolute Gasteiger partial charge is 0.258 e. The summed E-state index contributed by atoms with van der Waals surface area (Å²) in [6, 6.07) is 18.1. The fourth-order valence-electron chi connectivity index (χ4n) is 2.47. The Morgan fingerprint density at radius 1 is 1.08 bits per heavy atom. The number of benzene rings is 2. The van der Waals surface area contributed by atoms with Gasteiger partial charge < -0.3 is 9.64 Å². The van der Waals surface area contributed by atoms with E-state index in [4.69, 9.17) is 16.3 Å². The molecule has 0 aliphatic carbocycles. The van der Waals surface area contributed by atoms with Crippen molar-refractivity contribution in [2.24, 2.45) is 0 Å². The van der Waals surface area contributed by atoms with Crippen LogP contribution in [-0.2, 0) is 6.54 Å². The first-order valence-electron chi connectivity index (χ1n) is 7.78. The molecule has 0 saturated carbocycles. The molecule has 0 aliphatic rings. The van der Waals surface area contributed by atoms with Gasteiger partial charge in [0.15, 0.2) is 0 Å². The molecule has 126 valence electrons. The Labute approximate surface area is 151 Å². The molecule has 0 aliphatic heterocycles. The van der Waals surface area contributed by atoms with Crippen molar-refractivity contribution in [2.45, 2.75) is 6.54 Å². The molecule has 25 heavy (non-hydrogen) atoms. The van der Waals surface area contributed by atoms with Crippen molar-refractivity contribution >= 4 is 23.2 Å². The molecule has 0 bridgehead atoms. The van der Waals surface area contributed by atoms with E-state index in [9.17, 15) is 4.79 Å². The number of halogens is 1. The van der Waals surface area contributed by atoms with Crippen molar-refractivity contribution in [2.75, 3.05) is 12.0 Å². The Kier molecular flexibility index (Phi) is 5.31. The van der Waals surface area contributed by atoms with Crippen LogP contribution >= 0.6 is 11.6 Å². The van der Waals surface area contributed by atoms with Gasteiger partial charge in [-0.25, -0.2) is 0 Å². The van der Waals surface area contributed by atoms with Gasteiger partial charge in [0.2, 0.25) is 0 Å². The number of rotatable bonds is 5. The predicted octanol–water partition coefficient (Wildman–Crippen LogP) is 4.59. The summed E-state index contributed by atoms with van der Waals surface area (Å²) in [7, 11) is 1.61. The highest BCUT2D eigenvalue weighted by atomic mass is 35.5. The average Bonchev–Trinajstić information content (AvgIpc) is 2.67. The number of methoxy groups -OCH3 is 1. The van der Waals surface area contributed by atoms with Crippen LogP contribution in [-0.4, -0.2) is 18.0 Å². The van der Waals surface area contributed by atoms with Gasteiger partial charge in [-0.15, -0.1) is 0 Å². The van der Waals surface area contributed by atoms with Crippen molar-refractivity contribution in [1.82, 2.24) is 4.98 Å². The van der Waals surface area contributed by atoms with E-state index in [2.05, 4.69) is 4.98 Å². The van der Waals surface area contributed by atoms with E-state index >= 15 is 0 Å². The molecule has 0 fully saturated rings. The van der Waals surface area contributed by atoms with Crippen molar-refractivity contribution in [3.05, 3.63) is 89.2 Å². The van der Waals surface area contributed by atoms with Gasteiger partial charge in [-0.2, -0.15) is 0 Å². The van der Waals surface area contributed by atoms with E-state index in [1.807, 2.05) is 36.4 Å². The zero-order valence-corrected chi connectivity index (χ0v) is 14.5. The minimum Gasteiger partial charge on any atom is -0.497 e. The summed E-state index contributed by atoms with van der Waals surface area (Å²) in [6.07, 6.45) is 3.47. The van der Waals surface area contributed by atoms with Gasteiger partial charge in [0.1, 0.15) is 5.75 Å². The molecule has 0 radical (unpaired) electrons. The predicted molar refractivity (Wildman–Crippen MR) is 99.2 cm³/mol. The Morgan fingerprint density at radius 3 is 2.40 bits per heavy atom. The monoisotopic (exact) mass is 352 g/mol. The zero-order valence-electron chi connectivity index (χ0n) is 13.7. The van der Waals surface area contributed by atoms with Gasteiger partial charge in [-0.1, -0.05) is 17.7 Å². The van der Waals surface area contributed by atoms with Crippen LogP contribution < -0.4 is 9.64 Å². The van der Waals surface area contributed by atoms with Crippen LogP contribution in [0, 0.1) is 0 Å². The van der Waals surface area contributed by atoms with Gasteiger partial charge in [-0.3, -0.25) is 9.78 Å². The lowest BCUT2D eigenvalue weighted by atomic mass is 10.1. The van der Waals surface area contributed by atoms with Crippen molar-refractivity contribution in [3.8, 4) is 5.75 Å². The molecule has 3 rings (SSSR count). The molecule has 0 saturated heterocycles. The summed E-state index contributed by atoms with van der Waals surface area (Å²) in [4.78, 5) is 18.9. The number of carbonyl (C=O) groups is 1. The SMILES string of the molecule is COc1ccc(N(Cc2cccnc2)C(=O)c2ccc(Cl)cc2)cc1. The molecule has 3 aromatic rings. The molecule has 0 spiro atoms. The van der Waals surface area contributed by atoms with Gasteiger partial charge in [-0.05, 0) is 60.2 Å². The number of hydrogen-bond acceptors (Lipinski definition) is 3. The second-order valence-electron chi connectivity index (χ2n) is 5.46. The lowest BCUT2D eigenvalue weighted by Crippen LogP contribution is -2.30. The molecular formula is C20H17ClN2O2. The Balaban J connectivity index is 1.95. The molecule has 5 heteroatoms. The third-order valence-electron chi connectivity index (χ3n) is 3.78. The molecule has 0 N–H and O–H groups in total. The number of nitrogens with zero attached hydrogens (tertiary/aromatic N) is 2. The lowest BCUT2D eigenvalue weighted by Gasteiger charge is -2.23. The van der Waals surface area contributed by atoms with Crippen molar-refractivity contribution in [1.29, 1.82) is 0 Å². The number of aromatic nitrogens is 1. The second-order valence-corrected chi connectivity index (χ2v) is 5.89. The summed E-state index contributed by atoms with van der Waals surface area (Å²) in [6.45, 7) is 0.418. The van der Waals surface area contributed by atoms with E-state index in [1.54, 1.807) is 48.7 Å². The maximum Gasteiger partial charge on any atom is 0.258 e. The van der Waals surface area contributed by atoms with Crippen molar-refractivity contribution in [3.63, 3.8) is 0 Å². The maximum atomic E-state index is 13.0. The van der Waals surface area contributed by atoms with Crippen molar-refractivity contribution < 1.29 is 9.53 Å². The molecule has 1 amide bonds. The standard InChI is InChI=1S/C20H17ClN2O2/c1-25-19-10-8-18(9-11-19)23(14-15-3-2-12-22-13-15)20(24)16-4-6-17(21)7-5-16/h2-13H,14H2,1H3. The Bertz CT molecular complexity index is 834. The van der Waals surface area contributed by atoms with Crippen LogP contribution in [0.5, 0.6) is 5.75 Å². The first-order chi connectivity index (χ1) is 12.2. The quantitative estimate of drug-likeness (QED) is 0.674. The third kappa shape index (κ3) is 4.17. The van der Waals surface area contributed by atoms with Gasteiger partial charge >= 0.3 is 0 Å². The first-order valence-corrected chi connectivity index (χ1v) is 8.15. The average molecular weight is 353 g/mol. The number of anilines is 1. The maximum absolute atomic E-state index is 13.0. The Morgan fingerprint density at radius 2 is 1.80 bits per heavy atom. The van der Waals surface area contributed by atoms with Crippen LogP contribution in [0.25, 0.3) is 0 Å². The summed E-state index contributed by atoms with van der Waals surface area (Å²) in [5.74, 6) is 0.634. The van der Waals surface area contributed by atoms with Crippen LogP contribution in [0.4, 0.5) is 5.69 Å². The molecular weight excluding hydrogens is 336 g/mol. The molecule has 2 aromatic carbocycles. The summed E-state index contributed by atoms with van der Waals surface area (Å²) in [5.41, 5.74) is 2.30. The van der Waals surface area contributed by atoms with E-state index < -0.39 is 0 Å². The minimum atomic E-state index is -0.106. The van der Waals surface area contributed by atoms with Crippen LogP contribution in [0.15, 0.2) is 73.1 Å². The molecule has 0 unspecified atom stereocenters. The highest BCUT2D eigenvalue weighted by Gasteiger charge is 2.18. The number of ether oxygens (including phenoxy) is 1. The van der Waals surface area contributed by atoms with E-state index in [0.717, 1.165) is 17.0 Å². The largest absolute Gasteiger partial charge is 0.497 e. The van der Waals surface area contributed by atoms with Gasteiger partial charge in [0.05, 0.1) is 13.7 Å².